The molecule has 80 valence electrons. The van der Waals surface area contributed by atoms with Crippen LogP contribution < -0.4 is 5.32 Å². The third-order valence-corrected chi connectivity index (χ3v) is 2.20. The molecule has 0 saturated heterocycles. The zero-order chi connectivity index (χ0) is 11.0. The van der Waals surface area contributed by atoms with Crippen molar-refractivity contribution >= 4 is 22.7 Å². The lowest BCUT2D eigenvalue weighted by Gasteiger charge is -2.00. The normalized spacial score (nSPS) is 10.8. The van der Waals surface area contributed by atoms with E-state index in [1.54, 1.807) is 12.3 Å². The van der Waals surface area contributed by atoms with Gasteiger partial charge in [0.2, 0.25) is 0 Å². The highest BCUT2D eigenvalue weighted by Crippen LogP contribution is 2.22. The highest BCUT2D eigenvalue weighted by Gasteiger charge is 2.07. The average Bonchev–Trinajstić information content (AvgIpc) is 2.87. The van der Waals surface area contributed by atoms with E-state index in [4.69, 9.17) is 4.42 Å². The molecule has 16 heavy (non-hydrogen) atoms. The fourth-order valence-corrected chi connectivity index (χ4v) is 1.48. The van der Waals surface area contributed by atoms with Crippen LogP contribution in [0.4, 0.5) is 11.6 Å². The predicted molar refractivity (Wildman–Crippen MR) is 58.4 cm³/mol. The summed E-state index contributed by atoms with van der Waals surface area (Å²) in [5, 5.41) is 9.97. The van der Waals surface area contributed by atoms with E-state index in [9.17, 15) is 0 Å². The Labute approximate surface area is 90.7 Å². The van der Waals surface area contributed by atoms with Gasteiger partial charge in [-0.3, -0.25) is 5.10 Å². The zero-order valence-corrected chi connectivity index (χ0v) is 8.56. The molecule has 0 atom stereocenters. The molecule has 3 aromatic rings. The largest absolute Gasteiger partial charge is 0.459 e. The van der Waals surface area contributed by atoms with Gasteiger partial charge in [-0.25, -0.2) is 9.97 Å². The highest BCUT2D eigenvalue weighted by molar-refractivity contribution is 5.84. The number of hydrogen-bond donors (Lipinski definition) is 2. The Kier molecular flexibility index (Phi) is 1.86. The summed E-state index contributed by atoms with van der Waals surface area (Å²) in [6.45, 7) is 1.93. The van der Waals surface area contributed by atoms with Gasteiger partial charge in [0, 0.05) is 17.8 Å². The van der Waals surface area contributed by atoms with E-state index in [0.717, 1.165) is 11.2 Å². The summed E-state index contributed by atoms with van der Waals surface area (Å²) in [5.74, 6) is 1.32. The van der Waals surface area contributed by atoms with Crippen LogP contribution >= 0.6 is 0 Å². The smallest absolute Gasteiger partial charge is 0.194 e. The minimum absolute atomic E-state index is 0.612. The molecule has 0 fully saturated rings. The number of anilines is 2. The number of rotatable bonds is 2. The molecule has 0 amide bonds. The number of hydrogen-bond acceptors (Lipinski definition) is 5. The highest BCUT2D eigenvalue weighted by atomic mass is 16.3. The average molecular weight is 215 g/mol. The van der Waals surface area contributed by atoms with Crippen molar-refractivity contribution in [2.75, 3.05) is 5.32 Å². The molecule has 0 spiro atoms. The van der Waals surface area contributed by atoms with Crippen LogP contribution in [0.1, 0.15) is 5.69 Å². The van der Waals surface area contributed by atoms with Gasteiger partial charge in [0.25, 0.3) is 0 Å². The maximum absolute atomic E-state index is 5.30. The van der Waals surface area contributed by atoms with E-state index in [1.807, 2.05) is 13.0 Å². The number of aromatic nitrogens is 4. The first-order valence-electron chi connectivity index (χ1n) is 4.80. The Bertz CT molecular complexity index is 627. The molecule has 0 saturated carbocycles. The second kappa shape index (κ2) is 3.34. The van der Waals surface area contributed by atoms with Crippen molar-refractivity contribution in [1.29, 1.82) is 0 Å². The minimum Gasteiger partial charge on any atom is -0.459 e. The number of nitrogens with zero attached hydrogens (tertiary/aromatic N) is 3. The molecule has 3 rings (SSSR count). The fourth-order valence-electron chi connectivity index (χ4n) is 1.48. The molecule has 0 aliphatic heterocycles. The lowest BCUT2D eigenvalue weighted by molar-refractivity contribution is 0.615. The van der Waals surface area contributed by atoms with Gasteiger partial charge in [-0.15, -0.1) is 0 Å². The Morgan fingerprint density at radius 1 is 1.38 bits per heavy atom. The third-order valence-electron chi connectivity index (χ3n) is 2.20. The first-order valence-corrected chi connectivity index (χ1v) is 4.80. The topological polar surface area (TPSA) is 79.6 Å². The molecule has 0 aliphatic rings. The van der Waals surface area contributed by atoms with Crippen molar-refractivity contribution in [2.45, 2.75) is 6.92 Å². The molecule has 6 nitrogen and oxygen atoms in total. The summed E-state index contributed by atoms with van der Waals surface area (Å²) in [6, 6.07) is 3.68. The summed E-state index contributed by atoms with van der Waals surface area (Å²) < 4.78 is 5.30. The Morgan fingerprint density at radius 3 is 3.12 bits per heavy atom. The molecule has 0 unspecified atom stereocenters. The summed E-state index contributed by atoms with van der Waals surface area (Å²) in [5.41, 5.74) is 2.38. The summed E-state index contributed by atoms with van der Waals surface area (Å²) in [7, 11) is 0. The van der Waals surface area contributed by atoms with Crippen LogP contribution in [0, 0.1) is 6.92 Å². The summed E-state index contributed by atoms with van der Waals surface area (Å²) in [6.07, 6.45) is 3.07. The summed E-state index contributed by atoms with van der Waals surface area (Å²) in [4.78, 5) is 8.19. The molecule has 0 aliphatic carbocycles. The molecule has 3 heterocycles. The van der Waals surface area contributed by atoms with Gasteiger partial charge in [-0.2, -0.15) is 5.10 Å². The Hall–Kier alpha value is -2.37. The maximum atomic E-state index is 5.30. The van der Waals surface area contributed by atoms with E-state index >= 15 is 0 Å². The zero-order valence-electron chi connectivity index (χ0n) is 8.56. The molecule has 0 aromatic carbocycles. The molecular weight excluding hydrogens is 206 g/mol. The second-order valence-electron chi connectivity index (χ2n) is 3.42. The summed E-state index contributed by atoms with van der Waals surface area (Å²) >= 11 is 0. The lowest BCUT2D eigenvalue weighted by Crippen LogP contribution is -1.94. The van der Waals surface area contributed by atoms with Crippen molar-refractivity contribution < 1.29 is 4.42 Å². The van der Waals surface area contributed by atoms with Gasteiger partial charge in [-0.05, 0) is 6.92 Å². The predicted octanol–water partition coefficient (Wildman–Crippen LogP) is 2.00. The molecular formula is C10H9N5O. The number of nitrogens with one attached hydrogen (secondary N) is 2. The van der Waals surface area contributed by atoms with E-state index in [2.05, 4.69) is 25.5 Å². The molecule has 3 aromatic heterocycles. The van der Waals surface area contributed by atoms with Crippen LogP contribution in [0.5, 0.6) is 0 Å². The monoisotopic (exact) mass is 215 g/mol. The van der Waals surface area contributed by atoms with Gasteiger partial charge in [0.15, 0.2) is 17.2 Å². The number of H-pyrrole nitrogens is 1. The number of aromatic amines is 1. The molecule has 6 heteroatoms. The number of fused-ring (bicyclic) bond motifs is 1. The first kappa shape index (κ1) is 8.90. The number of aryl methyl sites for hydroxylation is 1. The van der Waals surface area contributed by atoms with Crippen molar-refractivity contribution in [3.63, 3.8) is 0 Å². The van der Waals surface area contributed by atoms with Crippen LogP contribution in [-0.4, -0.2) is 20.2 Å². The standard InChI is InChI=1S/C10H9N5O/c1-6-4-8(15-14-6)13-10-9-7(2-3-16-9)11-5-12-10/h2-5H,1H3,(H2,11,12,13,14,15). The van der Waals surface area contributed by atoms with Gasteiger partial charge in [-0.1, -0.05) is 0 Å². The van der Waals surface area contributed by atoms with E-state index in [1.165, 1.54) is 6.33 Å². The molecule has 0 bridgehead atoms. The minimum atomic E-state index is 0.612. The molecule has 2 N–H and O–H groups in total. The van der Waals surface area contributed by atoms with E-state index < -0.39 is 0 Å². The van der Waals surface area contributed by atoms with Gasteiger partial charge in [0.05, 0.1) is 6.26 Å². The fraction of sp³-hybridized carbons (Fsp3) is 0.100. The van der Waals surface area contributed by atoms with Crippen LogP contribution in [0.3, 0.4) is 0 Å². The van der Waals surface area contributed by atoms with Crippen molar-refractivity contribution in [1.82, 2.24) is 20.2 Å². The van der Waals surface area contributed by atoms with Gasteiger partial charge < -0.3 is 9.73 Å². The van der Waals surface area contributed by atoms with Crippen molar-refractivity contribution in [2.24, 2.45) is 0 Å². The SMILES string of the molecule is Cc1cc(Nc2ncnc3ccoc23)n[nH]1. The van der Waals surface area contributed by atoms with E-state index in [0.29, 0.717) is 17.2 Å². The van der Waals surface area contributed by atoms with Crippen LogP contribution in [-0.2, 0) is 0 Å². The van der Waals surface area contributed by atoms with E-state index in [-0.39, 0.29) is 0 Å². The first-order chi connectivity index (χ1) is 7.83. The molecule has 0 radical (unpaired) electrons. The quantitative estimate of drug-likeness (QED) is 0.683. The Morgan fingerprint density at radius 2 is 2.31 bits per heavy atom. The number of furan rings is 1. The van der Waals surface area contributed by atoms with Gasteiger partial charge in [0.1, 0.15) is 11.8 Å². The Balaban J connectivity index is 2.03. The van der Waals surface area contributed by atoms with Crippen molar-refractivity contribution in [3.05, 3.63) is 30.4 Å². The maximum Gasteiger partial charge on any atom is 0.194 e. The van der Waals surface area contributed by atoms with Gasteiger partial charge >= 0.3 is 0 Å². The van der Waals surface area contributed by atoms with Crippen LogP contribution in [0.2, 0.25) is 0 Å². The second-order valence-corrected chi connectivity index (χ2v) is 3.42. The van der Waals surface area contributed by atoms with Crippen LogP contribution in [0.25, 0.3) is 11.1 Å². The van der Waals surface area contributed by atoms with Crippen LogP contribution in [0.15, 0.2) is 29.1 Å². The third kappa shape index (κ3) is 1.40. The lowest BCUT2D eigenvalue weighted by atomic mass is 10.4. The van der Waals surface area contributed by atoms with Crippen molar-refractivity contribution in [3.8, 4) is 0 Å².